The second kappa shape index (κ2) is 2.09. The highest BCUT2D eigenvalue weighted by Gasteiger charge is 2.13. The summed E-state index contributed by atoms with van der Waals surface area (Å²) in [5, 5.41) is 7.53. The lowest BCUT2D eigenvalue weighted by Gasteiger charge is -2.21. The van der Waals surface area contributed by atoms with Crippen LogP contribution in [0.2, 0.25) is 0 Å². The van der Waals surface area contributed by atoms with Crippen LogP contribution < -0.4 is 5.32 Å². The van der Waals surface area contributed by atoms with E-state index in [2.05, 4.69) is 28.1 Å². The van der Waals surface area contributed by atoms with Gasteiger partial charge in [0.2, 0.25) is 0 Å². The molecule has 3 heteroatoms. The molecule has 1 aliphatic heterocycles. The summed E-state index contributed by atoms with van der Waals surface area (Å²) in [6.07, 6.45) is 1.86. The average Bonchev–Trinajstić information content (AvgIpc) is 2.36. The van der Waals surface area contributed by atoms with E-state index in [4.69, 9.17) is 0 Å². The number of hydrogen-bond acceptors (Lipinski definition) is 2. The first-order valence-electron chi connectivity index (χ1n) is 3.61. The van der Waals surface area contributed by atoms with Gasteiger partial charge in [-0.15, -0.1) is 0 Å². The molecule has 54 valence electrons. The van der Waals surface area contributed by atoms with Gasteiger partial charge in [0.05, 0.1) is 11.7 Å². The van der Waals surface area contributed by atoms with Gasteiger partial charge in [-0.05, 0) is 13.0 Å². The standard InChI is InChI=1S/C7H11N3/c1-6-4-8-5-7-2-3-9-10(6)7/h2-3,6,8H,4-5H2,1H3. The third kappa shape index (κ3) is 0.743. The Morgan fingerprint density at radius 3 is 3.50 bits per heavy atom. The zero-order chi connectivity index (χ0) is 6.97. The minimum absolute atomic E-state index is 0.513. The monoisotopic (exact) mass is 137 g/mol. The fourth-order valence-electron chi connectivity index (χ4n) is 1.37. The molecule has 0 aromatic carbocycles. The van der Waals surface area contributed by atoms with Gasteiger partial charge in [0, 0.05) is 19.3 Å². The van der Waals surface area contributed by atoms with Crippen LogP contribution in [0.25, 0.3) is 0 Å². The van der Waals surface area contributed by atoms with Crippen molar-refractivity contribution in [2.45, 2.75) is 19.5 Å². The summed E-state index contributed by atoms with van der Waals surface area (Å²) in [7, 11) is 0. The minimum Gasteiger partial charge on any atom is -0.309 e. The molecule has 3 nitrogen and oxygen atoms in total. The van der Waals surface area contributed by atoms with Gasteiger partial charge < -0.3 is 5.32 Å². The van der Waals surface area contributed by atoms with Crippen LogP contribution in [0, 0.1) is 0 Å². The third-order valence-corrected chi connectivity index (χ3v) is 1.92. The quantitative estimate of drug-likeness (QED) is 0.566. The van der Waals surface area contributed by atoms with Crippen LogP contribution in [0.4, 0.5) is 0 Å². The van der Waals surface area contributed by atoms with Crippen molar-refractivity contribution in [3.05, 3.63) is 18.0 Å². The highest BCUT2D eigenvalue weighted by molar-refractivity contribution is 5.03. The molecule has 2 rings (SSSR count). The second-order valence-electron chi connectivity index (χ2n) is 2.75. The van der Waals surface area contributed by atoms with Crippen molar-refractivity contribution in [2.24, 2.45) is 0 Å². The maximum atomic E-state index is 4.21. The van der Waals surface area contributed by atoms with E-state index in [1.54, 1.807) is 0 Å². The maximum absolute atomic E-state index is 4.21. The van der Waals surface area contributed by atoms with Crippen LogP contribution in [-0.2, 0) is 6.54 Å². The van der Waals surface area contributed by atoms with E-state index in [0.29, 0.717) is 6.04 Å². The van der Waals surface area contributed by atoms with Crippen LogP contribution in [0.1, 0.15) is 18.7 Å². The number of nitrogens with zero attached hydrogens (tertiary/aromatic N) is 2. The Bertz CT molecular complexity index is 229. The van der Waals surface area contributed by atoms with Crippen LogP contribution in [-0.4, -0.2) is 16.3 Å². The fourth-order valence-corrected chi connectivity index (χ4v) is 1.37. The van der Waals surface area contributed by atoms with Crippen molar-refractivity contribution in [3.63, 3.8) is 0 Å². The zero-order valence-corrected chi connectivity index (χ0v) is 6.04. The number of nitrogens with one attached hydrogen (secondary N) is 1. The Labute approximate surface area is 60.0 Å². The summed E-state index contributed by atoms with van der Waals surface area (Å²) in [5.41, 5.74) is 1.29. The van der Waals surface area contributed by atoms with Gasteiger partial charge in [-0.3, -0.25) is 4.68 Å². The topological polar surface area (TPSA) is 29.9 Å². The fraction of sp³-hybridized carbons (Fsp3) is 0.571. The van der Waals surface area contributed by atoms with E-state index in [0.717, 1.165) is 13.1 Å². The number of hydrogen-bond donors (Lipinski definition) is 1. The minimum atomic E-state index is 0.513. The van der Waals surface area contributed by atoms with Gasteiger partial charge in [-0.25, -0.2) is 0 Å². The number of rotatable bonds is 0. The summed E-state index contributed by atoms with van der Waals surface area (Å²) in [6.45, 7) is 4.17. The molecule has 10 heavy (non-hydrogen) atoms. The molecule has 0 amide bonds. The summed E-state index contributed by atoms with van der Waals surface area (Å²) < 4.78 is 2.08. The van der Waals surface area contributed by atoms with Crippen molar-refractivity contribution in [1.82, 2.24) is 15.1 Å². The predicted molar refractivity (Wildman–Crippen MR) is 38.6 cm³/mol. The first-order chi connectivity index (χ1) is 4.88. The Balaban J connectivity index is 2.41. The van der Waals surface area contributed by atoms with Crippen molar-refractivity contribution in [3.8, 4) is 0 Å². The summed E-state index contributed by atoms with van der Waals surface area (Å²) in [6, 6.07) is 2.57. The summed E-state index contributed by atoms with van der Waals surface area (Å²) in [5.74, 6) is 0. The molecule has 0 spiro atoms. The lowest BCUT2D eigenvalue weighted by atomic mass is 10.2. The molecule has 1 aromatic heterocycles. The Hall–Kier alpha value is -0.830. The molecule has 1 aliphatic rings. The Kier molecular flexibility index (Phi) is 1.24. The molecule has 0 bridgehead atoms. The molecule has 1 aromatic rings. The zero-order valence-electron chi connectivity index (χ0n) is 6.04. The van der Waals surface area contributed by atoms with Crippen molar-refractivity contribution in [1.29, 1.82) is 0 Å². The molecular formula is C7H11N3. The van der Waals surface area contributed by atoms with Gasteiger partial charge in [0.15, 0.2) is 0 Å². The van der Waals surface area contributed by atoms with E-state index in [-0.39, 0.29) is 0 Å². The first kappa shape index (κ1) is 5.92. The normalized spacial score (nSPS) is 24.3. The van der Waals surface area contributed by atoms with Crippen LogP contribution in [0.5, 0.6) is 0 Å². The second-order valence-corrected chi connectivity index (χ2v) is 2.75. The van der Waals surface area contributed by atoms with Crippen LogP contribution in [0.15, 0.2) is 12.3 Å². The van der Waals surface area contributed by atoms with E-state index >= 15 is 0 Å². The van der Waals surface area contributed by atoms with E-state index in [9.17, 15) is 0 Å². The highest BCUT2D eigenvalue weighted by atomic mass is 15.3. The molecule has 1 atom stereocenters. The van der Waals surface area contributed by atoms with Crippen molar-refractivity contribution < 1.29 is 0 Å². The molecule has 1 unspecified atom stereocenters. The van der Waals surface area contributed by atoms with Crippen LogP contribution >= 0.6 is 0 Å². The van der Waals surface area contributed by atoms with Gasteiger partial charge in [0.1, 0.15) is 0 Å². The molecule has 1 N–H and O–H groups in total. The smallest absolute Gasteiger partial charge is 0.0619 e. The van der Waals surface area contributed by atoms with Crippen LogP contribution in [0.3, 0.4) is 0 Å². The summed E-state index contributed by atoms with van der Waals surface area (Å²) in [4.78, 5) is 0. The number of fused-ring (bicyclic) bond motifs is 1. The van der Waals surface area contributed by atoms with Gasteiger partial charge in [-0.1, -0.05) is 0 Å². The van der Waals surface area contributed by atoms with Gasteiger partial charge >= 0.3 is 0 Å². The molecule has 0 fully saturated rings. The molecule has 2 heterocycles. The Morgan fingerprint density at radius 2 is 2.70 bits per heavy atom. The largest absolute Gasteiger partial charge is 0.309 e. The van der Waals surface area contributed by atoms with E-state index < -0.39 is 0 Å². The van der Waals surface area contributed by atoms with Gasteiger partial charge in [0.25, 0.3) is 0 Å². The van der Waals surface area contributed by atoms with Crippen molar-refractivity contribution >= 4 is 0 Å². The van der Waals surface area contributed by atoms with E-state index in [1.807, 2.05) is 6.20 Å². The lowest BCUT2D eigenvalue weighted by Crippen LogP contribution is -2.31. The molecule has 0 saturated heterocycles. The number of aromatic nitrogens is 2. The van der Waals surface area contributed by atoms with Gasteiger partial charge in [-0.2, -0.15) is 5.10 Å². The SMILES string of the molecule is CC1CNCc2ccnn21. The molecular weight excluding hydrogens is 126 g/mol. The molecule has 0 saturated carbocycles. The highest BCUT2D eigenvalue weighted by Crippen LogP contribution is 2.11. The third-order valence-electron chi connectivity index (χ3n) is 1.92. The summed E-state index contributed by atoms with van der Waals surface area (Å²) >= 11 is 0. The van der Waals surface area contributed by atoms with E-state index in [1.165, 1.54) is 5.69 Å². The Morgan fingerprint density at radius 1 is 1.80 bits per heavy atom. The molecule has 0 aliphatic carbocycles. The maximum Gasteiger partial charge on any atom is 0.0619 e. The average molecular weight is 137 g/mol. The lowest BCUT2D eigenvalue weighted by molar-refractivity contribution is 0.392. The van der Waals surface area contributed by atoms with Crippen molar-refractivity contribution in [2.75, 3.05) is 6.54 Å². The molecule has 0 radical (unpaired) electrons. The first-order valence-corrected chi connectivity index (χ1v) is 3.61. The predicted octanol–water partition coefficient (Wildman–Crippen LogP) is 0.547.